The maximum Gasteiger partial charge on any atom is 0.508 e. The first-order valence-corrected chi connectivity index (χ1v) is 15.3. The molecule has 0 aromatic carbocycles. The lowest BCUT2D eigenvalue weighted by atomic mass is 9.85. The zero-order valence-corrected chi connectivity index (χ0v) is 21.8. The molecule has 194 valence electrons. The van der Waals surface area contributed by atoms with Crippen LogP contribution in [0.25, 0.3) is 0 Å². The summed E-state index contributed by atoms with van der Waals surface area (Å²) in [5.41, 5.74) is 0. The Balaban J connectivity index is 1.55. The van der Waals surface area contributed by atoms with Gasteiger partial charge in [-0.3, -0.25) is 4.57 Å². The number of piperidine rings is 3. The van der Waals surface area contributed by atoms with Crippen molar-refractivity contribution >= 4 is 13.8 Å². The van der Waals surface area contributed by atoms with E-state index < -0.39 is 26.0 Å². The molecule has 3 heterocycles. The van der Waals surface area contributed by atoms with Crippen molar-refractivity contribution in [1.82, 2.24) is 0 Å². The molecule has 3 rings (SSSR count). The Kier molecular flexibility index (Phi) is 13.3. The molecular weight excluding hydrogens is 441 g/mol. The standard InChI is InChI=1S/C25H48NO6P/c1-2-3-4-5-6-7-8-9-10-11-12-13-20-31-25(27)32-24(22-33(28,29)30)21-26-17-14-23(15-18-26)16-19-26/h23-24H,2-22H2,1H3,(H-,28,29,30)/p+1. The van der Waals surface area contributed by atoms with Gasteiger partial charge in [-0.15, -0.1) is 0 Å². The third kappa shape index (κ3) is 12.6. The molecule has 2 N–H and O–H groups in total. The molecule has 33 heavy (non-hydrogen) atoms. The van der Waals surface area contributed by atoms with Crippen LogP contribution < -0.4 is 0 Å². The number of fused-ring (bicyclic) bond motifs is 3. The van der Waals surface area contributed by atoms with Crippen molar-refractivity contribution in [3.05, 3.63) is 0 Å². The highest BCUT2D eigenvalue weighted by molar-refractivity contribution is 7.51. The first kappa shape index (κ1) is 28.6. The number of carbonyl (C=O) groups excluding carboxylic acids is 1. The minimum atomic E-state index is -4.28. The van der Waals surface area contributed by atoms with E-state index in [4.69, 9.17) is 9.47 Å². The Bertz CT molecular complexity index is 574. The molecule has 3 saturated heterocycles. The highest BCUT2D eigenvalue weighted by atomic mass is 31.2. The zero-order valence-electron chi connectivity index (χ0n) is 20.9. The Morgan fingerprint density at radius 3 is 1.85 bits per heavy atom. The van der Waals surface area contributed by atoms with E-state index in [2.05, 4.69) is 6.92 Å². The number of unbranched alkanes of at least 4 members (excludes halogenated alkanes) is 11. The van der Waals surface area contributed by atoms with Gasteiger partial charge in [0.1, 0.15) is 6.54 Å². The summed E-state index contributed by atoms with van der Waals surface area (Å²) in [4.78, 5) is 31.1. The van der Waals surface area contributed by atoms with Crippen LogP contribution in [0.1, 0.15) is 103 Å². The van der Waals surface area contributed by atoms with Crippen molar-refractivity contribution in [3.8, 4) is 0 Å². The molecule has 1 unspecified atom stereocenters. The fourth-order valence-electron chi connectivity index (χ4n) is 5.51. The first-order valence-electron chi connectivity index (χ1n) is 13.5. The first-order chi connectivity index (χ1) is 15.8. The highest BCUT2D eigenvalue weighted by Gasteiger charge is 2.43. The number of rotatable bonds is 18. The third-order valence-electron chi connectivity index (χ3n) is 7.55. The fraction of sp³-hybridized carbons (Fsp3) is 0.960. The molecule has 3 fully saturated rings. The third-order valence-corrected chi connectivity index (χ3v) is 8.43. The highest BCUT2D eigenvalue weighted by Crippen LogP contribution is 2.39. The van der Waals surface area contributed by atoms with Gasteiger partial charge in [0, 0.05) is 0 Å². The molecule has 0 aromatic rings. The van der Waals surface area contributed by atoms with Gasteiger partial charge in [-0.25, -0.2) is 4.79 Å². The second-order valence-corrected chi connectivity index (χ2v) is 12.2. The molecule has 3 aliphatic heterocycles. The molecular formula is C25H49NO6P+. The van der Waals surface area contributed by atoms with Crippen molar-refractivity contribution in [2.75, 3.05) is 38.9 Å². The van der Waals surface area contributed by atoms with Crippen molar-refractivity contribution in [2.45, 2.75) is 109 Å². The van der Waals surface area contributed by atoms with E-state index in [0.717, 1.165) is 68.6 Å². The van der Waals surface area contributed by atoms with Crippen molar-refractivity contribution in [1.29, 1.82) is 0 Å². The Morgan fingerprint density at radius 1 is 0.879 bits per heavy atom. The average molecular weight is 491 g/mol. The summed E-state index contributed by atoms with van der Waals surface area (Å²) < 4.78 is 23.1. The van der Waals surface area contributed by atoms with Crippen LogP contribution in [-0.4, -0.2) is 65.5 Å². The molecule has 0 saturated carbocycles. The molecule has 0 radical (unpaired) electrons. The quantitative estimate of drug-likeness (QED) is 0.106. The van der Waals surface area contributed by atoms with E-state index in [9.17, 15) is 19.1 Å². The number of carbonyl (C=O) groups is 1. The van der Waals surface area contributed by atoms with Gasteiger partial charge in [0.15, 0.2) is 6.10 Å². The van der Waals surface area contributed by atoms with Gasteiger partial charge in [0.05, 0.1) is 32.4 Å². The van der Waals surface area contributed by atoms with Crippen molar-refractivity contribution in [3.63, 3.8) is 0 Å². The summed E-state index contributed by atoms with van der Waals surface area (Å²) in [6.45, 7) is 6.07. The average Bonchev–Trinajstić information content (AvgIpc) is 2.76. The lowest BCUT2D eigenvalue weighted by Crippen LogP contribution is -2.61. The van der Waals surface area contributed by atoms with E-state index in [1.807, 2.05) is 0 Å². The summed E-state index contributed by atoms with van der Waals surface area (Å²) in [5, 5.41) is 0. The second-order valence-electron chi connectivity index (χ2n) is 10.5. The summed E-state index contributed by atoms with van der Waals surface area (Å²) in [7, 11) is -4.28. The summed E-state index contributed by atoms with van der Waals surface area (Å²) in [5.74, 6) is 0.798. The molecule has 0 amide bonds. The smallest absolute Gasteiger partial charge is 0.434 e. The van der Waals surface area contributed by atoms with Gasteiger partial charge >= 0.3 is 13.8 Å². The predicted octanol–water partition coefficient (Wildman–Crippen LogP) is 6.02. The lowest BCUT2D eigenvalue weighted by Gasteiger charge is -2.50. The minimum absolute atomic E-state index is 0.306. The minimum Gasteiger partial charge on any atom is -0.434 e. The Hall–Kier alpha value is -0.620. The Labute approximate surface area is 201 Å². The molecule has 2 bridgehead atoms. The number of hydrogen-bond acceptors (Lipinski definition) is 4. The Morgan fingerprint density at radius 2 is 1.36 bits per heavy atom. The van der Waals surface area contributed by atoms with Gasteiger partial charge in [0.25, 0.3) is 0 Å². The van der Waals surface area contributed by atoms with Crippen LogP contribution in [0, 0.1) is 5.92 Å². The molecule has 0 spiro atoms. The number of quaternary nitrogens is 1. The maximum atomic E-state index is 12.2. The summed E-state index contributed by atoms with van der Waals surface area (Å²) in [6.07, 6.45) is 16.4. The molecule has 0 aromatic heterocycles. The van der Waals surface area contributed by atoms with Gasteiger partial charge < -0.3 is 23.7 Å². The normalized spacial score (nSPS) is 23.4. The van der Waals surface area contributed by atoms with Crippen molar-refractivity contribution < 1.29 is 33.1 Å². The zero-order chi connectivity index (χ0) is 24.0. The van der Waals surface area contributed by atoms with Gasteiger partial charge in [-0.1, -0.05) is 77.6 Å². The molecule has 3 aliphatic rings. The van der Waals surface area contributed by atoms with Gasteiger partial charge in [-0.2, -0.15) is 0 Å². The van der Waals surface area contributed by atoms with Crippen LogP contribution in [0.4, 0.5) is 4.79 Å². The maximum absolute atomic E-state index is 12.2. The monoisotopic (exact) mass is 490 g/mol. The van der Waals surface area contributed by atoms with Crippen LogP contribution in [0.5, 0.6) is 0 Å². The van der Waals surface area contributed by atoms with Crippen LogP contribution in [-0.2, 0) is 14.0 Å². The van der Waals surface area contributed by atoms with Crippen LogP contribution in [0.15, 0.2) is 0 Å². The lowest BCUT2D eigenvalue weighted by molar-refractivity contribution is -0.944. The molecule has 8 heteroatoms. The fourth-order valence-corrected chi connectivity index (χ4v) is 6.23. The molecule has 7 nitrogen and oxygen atoms in total. The summed E-state index contributed by atoms with van der Waals surface area (Å²) >= 11 is 0. The predicted molar refractivity (Wildman–Crippen MR) is 131 cm³/mol. The van der Waals surface area contributed by atoms with E-state index in [1.165, 1.54) is 57.8 Å². The van der Waals surface area contributed by atoms with E-state index in [0.29, 0.717) is 13.2 Å². The van der Waals surface area contributed by atoms with Gasteiger partial charge in [0.2, 0.25) is 0 Å². The van der Waals surface area contributed by atoms with E-state index >= 15 is 0 Å². The second kappa shape index (κ2) is 15.4. The van der Waals surface area contributed by atoms with E-state index in [-0.39, 0.29) is 0 Å². The summed E-state index contributed by atoms with van der Waals surface area (Å²) in [6, 6.07) is 0. The molecule has 1 atom stereocenters. The molecule has 0 aliphatic carbocycles. The van der Waals surface area contributed by atoms with E-state index in [1.54, 1.807) is 0 Å². The number of nitrogens with zero attached hydrogens (tertiary/aromatic N) is 1. The van der Waals surface area contributed by atoms with Crippen LogP contribution >= 0.6 is 7.60 Å². The van der Waals surface area contributed by atoms with Crippen molar-refractivity contribution in [2.24, 2.45) is 5.92 Å². The van der Waals surface area contributed by atoms with Crippen LogP contribution in [0.2, 0.25) is 0 Å². The largest absolute Gasteiger partial charge is 0.508 e. The number of hydrogen-bond donors (Lipinski definition) is 2. The number of ether oxygens (including phenoxy) is 2. The SMILES string of the molecule is CCCCCCCCCCCCCCOC(=O)OC(C[N+]12CCC(CC1)CC2)CP(=O)(O)O. The topological polar surface area (TPSA) is 93.1 Å². The van der Waals surface area contributed by atoms with Crippen LogP contribution in [0.3, 0.4) is 0 Å². The van der Waals surface area contributed by atoms with Gasteiger partial charge in [-0.05, 0) is 31.6 Å².